The minimum Gasteiger partial charge on any atom is -0.286 e. The Bertz CT molecular complexity index is 233. The van der Waals surface area contributed by atoms with Gasteiger partial charge in [0.25, 0.3) is 10.1 Å². The van der Waals surface area contributed by atoms with Crippen molar-refractivity contribution < 1.29 is 13.0 Å². The highest BCUT2D eigenvalue weighted by Gasteiger charge is 2.26. The molecule has 0 saturated heterocycles. The quantitative estimate of drug-likeness (QED) is 0.692. The van der Waals surface area contributed by atoms with Crippen LogP contribution in [0.3, 0.4) is 0 Å². The lowest BCUT2D eigenvalue weighted by molar-refractivity contribution is 0.455. The largest absolute Gasteiger partial charge is 0.286 e. The first-order valence-electron chi connectivity index (χ1n) is 4.46. The molecule has 3 nitrogen and oxygen atoms in total. The molecule has 0 aromatic heterocycles. The molecular formula is C8H16O3S. The van der Waals surface area contributed by atoms with Crippen LogP contribution in [0.1, 0.15) is 32.6 Å². The van der Waals surface area contributed by atoms with Gasteiger partial charge in [0.05, 0.1) is 5.75 Å². The van der Waals surface area contributed by atoms with E-state index in [1.165, 1.54) is 0 Å². The minimum absolute atomic E-state index is 0.0382. The van der Waals surface area contributed by atoms with Gasteiger partial charge < -0.3 is 0 Å². The first kappa shape index (κ1) is 9.99. The lowest BCUT2D eigenvalue weighted by Crippen LogP contribution is -2.12. The maximum absolute atomic E-state index is 10.5. The maximum atomic E-state index is 10.5. The second-order valence-electron chi connectivity index (χ2n) is 3.70. The Morgan fingerprint density at radius 3 is 2.33 bits per heavy atom. The minimum atomic E-state index is -3.74. The van der Waals surface area contributed by atoms with E-state index in [0.717, 1.165) is 25.7 Å². The zero-order valence-electron chi connectivity index (χ0n) is 7.36. The van der Waals surface area contributed by atoms with Gasteiger partial charge in [-0.2, -0.15) is 8.42 Å². The second kappa shape index (κ2) is 3.75. The summed E-state index contributed by atoms with van der Waals surface area (Å²) < 4.78 is 29.7. The van der Waals surface area contributed by atoms with Crippen LogP contribution in [0.2, 0.25) is 0 Å². The van der Waals surface area contributed by atoms with Crippen LogP contribution in [-0.4, -0.2) is 18.7 Å². The summed E-state index contributed by atoms with van der Waals surface area (Å²) in [6.45, 7) is 2.13. The predicted octanol–water partition coefficient (Wildman–Crippen LogP) is 1.70. The molecule has 2 unspecified atom stereocenters. The van der Waals surface area contributed by atoms with E-state index < -0.39 is 10.1 Å². The molecule has 0 aromatic rings. The van der Waals surface area contributed by atoms with Gasteiger partial charge in [0.1, 0.15) is 0 Å². The molecule has 1 aliphatic rings. The first-order chi connectivity index (χ1) is 5.51. The van der Waals surface area contributed by atoms with Crippen molar-refractivity contribution in [3.05, 3.63) is 0 Å². The van der Waals surface area contributed by atoms with Crippen LogP contribution in [0.4, 0.5) is 0 Å². The van der Waals surface area contributed by atoms with E-state index in [2.05, 4.69) is 6.92 Å². The summed E-state index contributed by atoms with van der Waals surface area (Å²) in [5.74, 6) is 0.838. The third-order valence-electron chi connectivity index (χ3n) is 2.67. The summed E-state index contributed by atoms with van der Waals surface area (Å²) in [7, 11) is -3.74. The Hall–Kier alpha value is -0.0900. The van der Waals surface area contributed by atoms with Crippen LogP contribution in [0.25, 0.3) is 0 Å². The highest BCUT2D eigenvalue weighted by Crippen LogP contribution is 2.33. The molecule has 72 valence electrons. The molecule has 0 heterocycles. The summed E-state index contributed by atoms with van der Waals surface area (Å²) in [4.78, 5) is 0. The van der Waals surface area contributed by atoms with Gasteiger partial charge in [-0.05, 0) is 24.7 Å². The number of hydrogen-bond acceptors (Lipinski definition) is 2. The van der Waals surface area contributed by atoms with Gasteiger partial charge in [-0.3, -0.25) is 4.55 Å². The molecule has 1 saturated carbocycles. The normalized spacial score (nSPS) is 30.8. The van der Waals surface area contributed by atoms with Crippen LogP contribution in [0.15, 0.2) is 0 Å². The molecule has 1 rings (SSSR count). The maximum Gasteiger partial charge on any atom is 0.265 e. The van der Waals surface area contributed by atoms with Gasteiger partial charge in [-0.1, -0.05) is 19.8 Å². The molecule has 2 atom stereocenters. The zero-order valence-corrected chi connectivity index (χ0v) is 8.18. The first-order valence-corrected chi connectivity index (χ1v) is 6.07. The molecule has 1 N–H and O–H groups in total. The summed E-state index contributed by atoms with van der Waals surface area (Å²) in [6.07, 6.45) is 4.17. The van der Waals surface area contributed by atoms with Crippen molar-refractivity contribution in [2.45, 2.75) is 32.6 Å². The molecule has 0 aliphatic heterocycles. The number of hydrogen-bond donors (Lipinski definition) is 1. The van der Waals surface area contributed by atoms with E-state index >= 15 is 0 Å². The van der Waals surface area contributed by atoms with Crippen molar-refractivity contribution in [2.24, 2.45) is 11.8 Å². The average Bonchev–Trinajstić information content (AvgIpc) is 2.32. The van der Waals surface area contributed by atoms with Gasteiger partial charge in [0.15, 0.2) is 0 Å². The lowest BCUT2D eigenvalue weighted by atomic mass is 10.0. The third-order valence-corrected chi connectivity index (χ3v) is 3.57. The zero-order chi connectivity index (χ0) is 9.19. The second-order valence-corrected chi connectivity index (χ2v) is 5.20. The molecule has 0 amide bonds. The van der Waals surface area contributed by atoms with Crippen LogP contribution in [0, 0.1) is 11.8 Å². The molecule has 0 radical (unpaired) electrons. The summed E-state index contributed by atoms with van der Waals surface area (Å²) in [5.41, 5.74) is 0. The predicted molar refractivity (Wildman–Crippen MR) is 47.5 cm³/mol. The van der Waals surface area contributed by atoms with Crippen LogP contribution >= 0.6 is 0 Å². The van der Waals surface area contributed by atoms with Crippen LogP contribution in [-0.2, 0) is 10.1 Å². The van der Waals surface area contributed by atoms with E-state index in [-0.39, 0.29) is 11.7 Å². The molecule has 1 fully saturated rings. The smallest absolute Gasteiger partial charge is 0.265 e. The van der Waals surface area contributed by atoms with Crippen molar-refractivity contribution in [1.82, 2.24) is 0 Å². The van der Waals surface area contributed by atoms with E-state index in [0.29, 0.717) is 5.92 Å². The topological polar surface area (TPSA) is 54.4 Å². The van der Waals surface area contributed by atoms with Crippen LogP contribution in [0.5, 0.6) is 0 Å². The van der Waals surface area contributed by atoms with Crippen molar-refractivity contribution in [3.63, 3.8) is 0 Å². The molecule has 0 bridgehead atoms. The summed E-state index contributed by atoms with van der Waals surface area (Å²) in [6, 6.07) is 0. The molecule has 1 aliphatic carbocycles. The summed E-state index contributed by atoms with van der Waals surface area (Å²) >= 11 is 0. The Balaban J connectivity index is 2.38. The van der Waals surface area contributed by atoms with E-state index in [1.807, 2.05) is 0 Å². The van der Waals surface area contributed by atoms with Crippen molar-refractivity contribution in [2.75, 3.05) is 5.75 Å². The van der Waals surface area contributed by atoms with Gasteiger partial charge in [0, 0.05) is 0 Å². The monoisotopic (exact) mass is 192 g/mol. The van der Waals surface area contributed by atoms with E-state index in [4.69, 9.17) is 4.55 Å². The molecular weight excluding hydrogens is 176 g/mol. The Labute approximate surface area is 73.9 Å². The van der Waals surface area contributed by atoms with Gasteiger partial charge in [-0.15, -0.1) is 0 Å². The van der Waals surface area contributed by atoms with Crippen molar-refractivity contribution in [1.29, 1.82) is 0 Å². The fraction of sp³-hybridized carbons (Fsp3) is 1.00. The van der Waals surface area contributed by atoms with E-state index in [1.54, 1.807) is 0 Å². The standard InChI is InChI=1S/C8H16O3S/c1-2-7-3-4-8(5-7)6-12(9,10)11/h7-8H,2-6H2,1H3,(H,9,10,11). The lowest BCUT2D eigenvalue weighted by Gasteiger charge is -2.06. The molecule has 0 aromatic carbocycles. The molecule has 4 heteroatoms. The van der Waals surface area contributed by atoms with Crippen molar-refractivity contribution in [3.8, 4) is 0 Å². The molecule has 12 heavy (non-hydrogen) atoms. The van der Waals surface area contributed by atoms with Gasteiger partial charge >= 0.3 is 0 Å². The fourth-order valence-corrected chi connectivity index (χ4v) is 2.90. The Morgan fingerprint density at radius 2 is 1.92 bits per heavy atom. The highest BCUT2D eigenvalue weighted by molar-refractivity contribution is 7.85. The third kappa shape index (κ3) is 3.11. The summed E-state index contributed by atoms with van der Waals surface area (Å²) in [5, 5.41) is 0. The highest BCUT2D eigenvalue weighted by atomic mass is 32.2. The van der Waals surface area contributed by atoms with Crippen LogP contribution < -0.4 is 0 Å². The fourth-order valence-electron chi connectivity index (χ4n) is 2.00. The van der Waals surface area contributed by atoms with Crippen molar-refractivity contribution >= 4 is 10.1 Å². The van der Waals surface area contributed by atoms with Gasteiger partial charge in [0.2, 0.25) is 0 Å². The van der Waals surface area contributed by atoms with Gasteiger partial charge in [-0.25, -0.2) is 0 Å². The average molecular weight is 192 g/mol. The SMILES string of the molecule is CCC1CCC(CS(=O)(=O)O)C1. The van der Waals surface area contributed by atoms with E-state index in [9.17, 15) is 8.42 Å². The Kier molecular flexibility index (Phi) is 3.12. The Morgan fingerprint density at radius 1 is 1.33 bits per heavy atom. The number of rotatable bonds is 3. The molecule has 0 spiro atoms.